The molecule has 2 rings (SSSR count). The number of hydrogen-bond donors (Lipinski definition) is 2. The molecule has 4 nitrogen and oxygen atoms in total. The van der Waals surface area contributed by atoms with Gasteiger partial charge in [-0.05, 0) is 17.7 Å². The number of nitrogens with one attached hydrogen (secondary N) is 1. The number of carbonyl (C=O) groups is 1. The van der Waals surface area contributed by atoms with Crippen LogP contribution in [0.5, 0.6) is 0 Å². The Labute approximate surface area is 113 Å². The van der Waals surface area contributed by atoms with Crippen molar-refractivity contribution < 1.29 is 9.90 Å². The second kappa shape index (κ2) is 6.53. The number of anilines is 1. The van der Waals surface area contributed by atoms with Crippen LogP contribution in [0, 0.1) is 0 Å². The van der Waals surface area contributed by atoms with Crippen molar-refractivity contribution in [3.63, 3.8) is 0 Å². The van der Waals surface area contributed by atoms with E-state index in [4.69, 9.17) is 5.11 Å². The Morgan fingerprint density at radius 1 is 1.39 bits per heavy atom. The Morgan fingerprint density at radius 2 is 2.17 bits per heavy atom. The fourth-order valence-electron chi connectivity index (χ4n) is 1.28. The maximum absolute atomic E-state index is 11.6. The largest absolute Gasteiger partial charge is 0.392 e. The highest BCUT2D eigenvalue weighted by Crippen LogP contribution is 2.19. The molecule has 0 saturated carbocycles. The van der Waals surface area contributed by atoms with Crippen LogP contribution >= 0.6 is 23.1 Å². The van der Waals surface area contributed by atoms with Gasteiger partial charge in [-0.25, -0.2) is 4.98 Å². The molecule has 94 valence electrons. The molecule has 0 bridgehead atoms. The molecule has 0 aliphatic rings. The van der Waals surface area contributed by atoms with Crippen LogP contribution in [0.3, 0.4) is 0 Å². The molecule has 0 unspecified atom stereocenters. The number of nitrogens with zero attached hydrogens (tertiary/aromatic N) is 1. The van der Waals surface area contributed by atoms with Crippen LogP contribution in [-0.4, -0.2) is 21.8 Å². The average molecular weight is 280 g/mol. The fourth-order valence-corrected chi connectivity index (χ4v) is 2.52. The van der Waals surface area contributed by atoms with E-state index in [9.17, 15) is 4.79 Å². The van der Waals surface area contributed by atoms with Gasteiger partial charge in [0.15, 0.2) is 5.13 Å². The van der Waals surface area contributed by atoms with Crippen molar-refractivity contribution in [2.75, 3.05) is 11.1 Å². The zero-order chi connectivity index (χ0) is 12.8. The van der Waals surface area contributed by atoms with Gasteiger partial charge in [0, 0.05) is 16.5 Å². The number of thiazole rings is 1. The third-order valence-corrected chi connectivity index (χ3v) is 3.86. The first-order valence-electron chi connectivity index (χ1n) is 5.30. The summed E-state index contributed by atoms with van der Waals surface area (Å²) in [5.74, 6) is 0.277. The minimum absolute atomic E-state index is 0.0372. The summed E-state index contributed by atoms with van der Waals surface area (Å²) in [6, 6.07) is 7.49. The summed E-state index contributed by atoms with van der Waals surface area (Å²) in [7, 11) is 0. The van der Waals surface area contributed by atoms with Crippen LogP contribution in [0.15, 0.2) is 40.7 Å². The molecule has 1 aromatic heterocycles. The van der Waals surface area contributed by atoms with E-state index in [1.165, 1.54) is 23.1 Å². The molecule has 0 aliphatic heterocycles. The Morgan fingerprint density at radius 3 is 2.78 bits per heavy atom. The third kappa shape index (κ3) is 3.83. The van der Waals surface area contributed by atoms with E-state index in [1.54, 1.807) is 6.20 Å². The normalized spacial score (nSPS) is 10.3. The van der Waals surface area contributed by atoms with Gasteiger partial charge >= 0.3 is 0 Å². The summed E-state index contributed by atoms with van der Waals surface area (Å²) < 4.78 is 0. The molecule has 2 N–H and O–H groups in total. The minimum atomic E-state index is -0.0683. The van der Waals surface area contributed by atoms with Gasteiger partial charge in [-0.15, -0.1) is 23.1 Å². The summed E-state index contributed by atoms with van der Waals surface area (Å²) in [5, 5.41) is 14.1. The second-order valence-corrected chi connectivity index (χ2v) is 5.42. The van der Waals surface area contributed by atoms with Gasteiger partial charge in [0.05, 0.1) is 12.4 Å². The molecule has 0 radical (unpaired) electrons. The number of benzene rings is 1. The van der Waals surface area contributed by atoms with E-state index >= 15 is 0 Å². The second-order valence-electron chi connectivity index (χ2n) is 3.48. The van der Waals surface area contributed by atoms with Crippen molar-refractivity contribution in [2.24, 2.45) is 0 Å². The molecular weight excluding hydrogens is 268 g/mol. The Balaban J connectivity index is 1.81. The van der Waals surface area contributed by atoms with Crippen LogP contribution < -0.4 is 5.32 Å². The number of aromatic nitrogens is 1. The predicted molar refractivity (Wildman–Crippen MR) is 73.8 cm³/mol. The molecule has 0 spiro atoms. The fraction of sp³-hybridized carbons (Fsp3) is 0.167. The molecule has 0 fully saturated rings. The van der Waals surface area contributed by atoms with Crippen LogP contribution in [0.1, 0.15) is 5.56 Å². The summed E-state index contributed by atoms with van der Waals surface area (Å²) in [4.78, 5) is 16.6. The monoisotopic (exact) mass is 280 g/mol. The van der Waals surface area contributed by atoms with E-state index in [-0.39, 0.29) is 12.5 Å². The van der Waals surface area contributed by atoms with Crippen LogP contribution in [0.2, 0.25) is 0 Å². The quantitative estimate of drug-likeness (QED) is 0.825. The van der Waals surface area contributed by atoms with Gasteiger partial charge in [0.2, 0.25) is 5.91 Å². The summed E-state index contributed by atoms with van der Waals surface area (Å²) in [6.45, 7) is 0.0372. The van der Waals surface area contributed by atoms with Crippen molar-refractivity contribution in [1.29, 1.82) is 0 Å². The van der Waals surface area contributed by atoms with E-state index in [0.29, 0.717) is 10.9 Å². The van der Waals surface area contributed by atoms with Gasteiger partial charge in [0.1, 0.15) is 0 Å². The van der Waals surface area contributed by atoms with Crippen molar-refractivity contribution in [2.45, 2.75) is 11.5 Å². The van der Waals surface area contributed by atoms with Gasteiger partial charge in [-0.1, -0.05) is 12.1 Å². The lowest BCUT2D eigenvalue weighted by Crippen LogP contribution is -2.13. The van der Waals surface area contributed by atoms with Gasteiger partial charge in [-0.3, -0.25) is 4.79 Å². The predicted octanol–water partition coefficient (Wildman–Crippen LogP) is 2.37. The number of aliphatic hydroxyl groups excluding tert-OH is 1. The lowest BCUT2D eigenvalue weighted by Gasteiger charge is -2.03. The number of thioether (sulfide) groups is 1. The zero-order valence-electron chi connectivity index (χ0n) is 9.50. The Hall–Kier alpha value is -1.37. The van der Waals surface area contributed by atoms with Gasteiger partial charge in [0.25, 0.3) is 0 Å². The highest BCUT2D eigenvalue weighted by molar-refractivity contribution is 8.00. The Bertz CT molecular complexity index is 497. The molecule has 0 atom stereocenters. The standard InChI is InChI=1S/C12H12N2O2S2/c15-7-9-1-3-10(4-2-9)18-8-11(16)14-12-13-5-6-17-12/h1-6,15H,7-8H2,(H,13,14,16). The topological polar surface area (TPSA) is 62.2 Å². The van der Waals surface area contributed by atoms with Crippen molar-refractivity contribution in [3.8, 4) is 0 Å². The molecule has 1 amide bonds. The molecule has 18 heavy (non-hydrogen) atoms. The zero-order valence-corrected chi connectivity index (χ0v) is 11.1. The molecule has 0 saturated heterocycles. The number of carbonyl (C=O) groups excluding carboxylic acids is 1. The maximum Gasteiger partial charge on any atom is 0.236 e. The number of rotatable bonds is 5. The molecule has 6 heteroatoms. The molecule has 1 heterocycles. The molecule has 2 aromatic rings. The van der Waals surface area contributed by atoms with Crippen LogP contribution in [0.25, 0.3) is 0 Å². The summed E-state index contributed by atoms with van der Waals surface area (Å²) in [6.07, 6.45) is 1.65. The number of aliphatic hydroxyl groups is 1. The minimum Gasteiger partial charge on any atom is -0.392 e. The van der Waals surface area contributed by atoms with Crippen LogP contribution in [0.4, 0.5) is 5.13 Å². The first kappa shape index (κ1) is 13.1. The maximum atomic E-state index is 11.6. The van der Waals surface area contributed by atoms with E-state index < -0.39 is 0 Å². The van der Waals surface area contributed by atoms with E-state index in [1.807, 2.05) is 29.6 Å². The van der Waals surface area contributed by atoms with Gasteiger partial charge in [-0.2, -0.15) is 0 Å². The van der Waals surface area contributed by atoms with Crippen molar-refractivity contribution >= 4 is 34.1 Å². The highest BCUT2D eigenvalue weighted by atomic mass is 32.2. The summed E-state index contributed by atoms with van der Waals surface area (Å²) in [5.41, 5.74) is 0.867. The van der Waals surface area contributed by atoms with Gasteiger partial charge < -0.3 is 10.4 Å². The third-order valence-electron chi connectivity index (χ3n) is 2.15. The van der Waals surface area contributed by atoms with Crippen molar-refractivity contribution in [3.05, 3.63) is 41.4 Å². The highest BCUT2D eigenvalue weighted by Gasteiger charge is 2.05. The molecular formula is C12H12N2O2S2. The van der Waals surface area contributed by atoms with E-state index in [0.717, 1.165) is 10.5 Å². The number of amides is 1. The average Bonchev–Trinajstić information content (AvgIpc) is 2.90. The first-order chi connectivity index (χ1) is 8.78. The lowest BCUT2D eigenvalue weighted by atomic mass is 10.2. The Kier molecular flexibility index (Phi) is 4.74. The molecule has 1 aromatic carbocycles. The summed E-state index contributed by atoms with van der Waals surface area (Å²) >= 11 is 2.85. The van der Waals surface area contributed by atoms with E-state index in [2.05, 4.69) is 10.3 Å². The van der Waals surface area contributed by atoms with Crippen molar-refractivity contribution in [1.82, 2.24) is 4.98 Å². The molecule has 0 aliphatic carbocycles. The smallest absolute Gasteiger partial charge is 0.236 e. The SMILES string of the molecule is O=C(CSc1ccc(CO)cc1)Nc1nccs1. The lowest BCUT2D eigenvalue weighted by molar-refractivity contribution is -0.113. The van der Waals surface area contributed by atoms with Crippen LogP contribution in [-0.2, 0) is 11.4 Å². The number of hydrogen-bond acceptors (Lipinski definition) is 5. The first-order valence-corrected chi connectivity index (χ1v) is 7.16.